The molecule has 0 bridgehead atoms. The molecule has 0 aromatic heterocycles. The van der Waals surface area contributed by atoms with Crippen LogP contribution in [0.25, 0.3) is 0 Å². The molecule has 9 atom stereocenters. The highest BCUT2D eigenvalue weighted by molar-refractivity contribution is 5.32. The molecule has 4 heteroatoms. The van der Waals surface area contributed by atoms with Crippen molar-refractivity contribution in [2.45, 2.75) is 139 Å². The lowest BCUT2D eigenvalue weighted by Gasteiger charge is -2.69. The SMILES string of the molecule is CC.CC(C)CO.CC12CCCC1C1CCC3C(C)(CCC4C(C)(C)C(O)CCC43C)C1CC2.O=CO. The molecule has 0 aliphatic heterocycles. The van der Waals surface area contributed by atoms with Crippen LogP contribution in [-0.4, -0.2) is 34.5 Å². The van der Waals surface area contributed by atoms with Gasteiger partial charge in [-0.25, -0.2) is 0 Å². The summed E-state index contributed by atoms with van der Waals surface area (Å²) in [5, 5.41) is 25.8. The Bertz CT molecular complexity index is 719. The van der Waals surface area contributed by atoms with Gasteiger partial charge in [-0.2, -0.15) is 0 Å². The van der Waals surface area contributed by atoms with E-state index >= 15 is 0 Å². The summed E-state index contributed by atoms with van der Waals surface area (Å²) in [6.07, 6.45) is 15.5. The van der Waals surface area contributed by atoms with E-state index in [-0.39, 0.29) is 18.0 Å². The first kappa shape index (κ1) is 32.6. The fourth-order valence-electron chi connectivity index (χ4n) is 10.5. The van der Waals surface area contributed by atoms with E-state index in [2.05, 4.69) is 34.6 Å². The third-order valence-corrected chi connectivity index (χ3v) is 12.3. The molecule has 37 heavy (non-hydrogen) atoms. The highest BCUT2D eigenvalue weighted by atomic mass is 16.3. The van der Waals surface area contributed by atoms with Gasteiger partial charge in [-0.15, -0.1) is 0 Å². The minimum Gasteiger partial charge on any atom is -0.483 e. The van der Waals surface area contributed by atoms with Crippen molar-refractivity contribution in [3.8, 4) is 0 Å². The number of carboxylic acid groups (broad SMARTS) is 1. The van der Waals surface area contributed by atoms with Crippen LogP contribution in [0.15, 0.2) is 0 Å². The maximum absolute atomic E-state index is 10.8. The normalized spacial score (nSPS) is 45.1. The van der Waals surface area contributed by atoms with E-state index in [4.69, 9.17) is 15.0 Å². The van der Waals surface area contributed by atoms with Crippen molar-refractivity contribution in [1.82, 2.24) is 0 Å². The van der Waals surface area contributed by atoms with Crippen molar-refractivity contribution in [3.63, 3.8) is 0 Å². The van der Waals surface area contributed by atoms with Crippen molar-refractivity contribution in [1.29, 1.82) is 0 Å². The van der Waals surface area contributed by atoms with Gasteiger partial charge in [-0.1, -0.05) is 68.7 Å². The zero-order valence-corrected chi connectivity index (χ0v) is 25.9. The topological polar surface area (TPSA) is 77.8 Å². The summed E-state index contributed by atoms with van der Waals surface area (Å²) in [7, 11) is 0. The summed E-state index contributed by atoms with van der Waals surface area (Å²) < 4.78 is 0. The Balaban J connectivity index is 0.000000420. The van der Waals surface area contributed by atoms with E-state index in [1.807, 2.05) is 27.7 Å². The molecule has 0 radical (unpaired) electrons. The van der Waals surface area contributed by atoms with Crippen molar-refractivity contribution in [2.75, 3.05) is 6.61 Å². The zero-order chi connectivity index (χ0) is 28.2. The summed E-state index contributed by atoms with van der Waals surface area (Å²) in [4.78, 5) is 8.36. The van der Waals surface area contributed by atoms with Crippen molar-refractivity contribution in [2.24, 2.45) is 57.2 Å². The maximum Gasteiger partial charge on any atom is 0.290 e. The average Bonchev–Trinajstić information content (AvgIpc) is 3.25. The first-order chi connectivity index (χ1) is 17.3. The number of hydrogen-bond donors (Lipinski definition) is 3. The van der Waals surface area contributed by atoms with Crippen molar-refractivity contribution < 1.29 is 20.1 Å². The molecule has 5 fully saturated rings. The van der Waals surface area contributed by atoms with Crippen LogP contribution < -0.4 is 0 Å². The molecule has 5 aliphatic carbocycles. The van der Waals surface area contributed by atoms with Crippen LogP contribution >= 0.6 is 0 Å². The van der Waals surface area contributed by atoms with Crippen molar-refractivity contribution in [3.05, 3.63) is 0 Å². The van der Waals surface area contributed by atoms with E-state index in [0.717, 1.165) is 30.1 Å². The van der Waals surface area contributed by atoms with E-state index in [1.54, 1.807) is 0 Å². The maximum atomic E-state index is 10.8. The smallest absolute Gasteiger partial charge is 0.290 e. The standard InChI is InChI=1S/C26H44O.C4H10O.C2H6.CH2O2/c1-23(2)20-11-15-25(4)19-10-14-24(3)13-6-7-18(24)17(19)8-9-21(25)26(20,5)16-12-22(23)27;1-4(2)3-5;1-2;2-1-3/h17-22,27H,6-16H2,1-5H3;4-5H,3H2,1-2H3;1-2H3;1H,(H,2,3). The quantitative estimate of drug-likeness (QED) is 0.303. The second-order valence-corrected chi connectivity index (χ2v) is 14.8. The molecule has 9 unspecified atom stereocenters. The Morgan fingerprint density at radius 2 is 1.35 bits per heavy atom. The first-order valence-electron chi connectivity index (χ1n) is 15.7. The lowest BCUT2D eigenvalue weighted by Crippen LogP contribution is -2.63. The van der Waals surface area contributed by atoms with Gasteiger partial charge in [0.25, 0.3) is 6.47 Å². The van der Waals surface area contributed by atoms with Gasteiger partial charge in [0, 0.05) is 6.61 Å². The first-order valence-corrected chi connectivity index (χ1v) is 15.7. The Labute approximate surface area is 229 Å². The van der Waals surface area contributed by atoms with E-state index in [0.29, 0.717) is 34.7 Å². The monoisotopic (exact) mass is 522 g/mol. The van der Waals surface area contributed by atoms with Crippen LogP contribution in [0.3, 0.4) is 0 Å². The van der Waals surface area contributed by atoms with Gasteiger partial charge in [-0.05, 0) is 121 Å². The minimum atomic E-state index is -0.250. The molecule has 0 heterocycles. The van der Waals surface area contributed by atoms with Gasteiger partial charge < -0.3 is 15.3 Å². The van der Waals surface area contributed by atoms with Gasteiger partial charge in [0.2, 0.25) is 0 Å². The van der Waals surface area contributed by atoms with E-state index in [9.17, 15) is 5.11 Å². The van der Waals surface area contributed by atoms with Crippen molar-refractivity contribution >= 4 is 6.47 Å². The van der Waals surface area contributed by atoms with Crippen LogP contribution in [0.5, 0.6) is 0 Å². The highest BCUT2D eigenvalue weighted by Crippen LogP contribution is 2.72. The van der Waals surface area contributed by atoms with Crippen LogP contribution in [0.2, 0.25) is 0 Å². The summed E-state index contributed by atoms with van der Waals surface area (Å²) in [6, 6.07) is 0. The van der Waals surface area contributed by atoms with Gasteiger partial charge in [-0.3, -0.25) is 4.79 Å². The summed E-state index contributed by atoms with van der Waals surface area (Å²) >= 11 is 0. The molecule has 218 valence electrons. The number of fused-ring (bicyclic) bond motifs is 7. The summed E-state index contributed by atoms with van der Waals surface area (Å²) in [5.41, 5.74) is 1.80. The minimum absolute atomic E-state index is 0.0925. The van der Waals surface area contributed by atoms with Crippen LogP contribution in [-0.2, 0) is 4.79 Å². The largest absolute Gasteiger partial charge is 0.483 e. The van der Waals surface area contributed by atoms with E-state index < -0.39 is 0 Å². The summed E-state index contributed by atoms with van der Waals surface area (Å²) in [5.74, 6) is 5.08. The molecule has 3 N–H and O–H groups in total. The van der Waals surface area contributed by atoms with Crippen LogP contribution in [0.1, 0.15) is 133 Å². The number of carbonyl (C=O) groups is 1. The second kappa shape index (κ2) is 12.7. The molecule has 5 aliphatic rings. The van der Waals surface area contributed by atoms with Crippen LogP contribution in [0, 0.1) is 57.2 Å². The second-order valence-electron chi connectivity index (χ2n) is 14.8. The van der Waals surface area contributed by atoms with Gasteiger partial charge in [0.05, 0.1) is 6.10 Å². The molecular weight excluding hydrogens is 460 g/mol. The lowest BCUT2D eigenvalue weighted by atomic mass is 9.36. The highest BCUT2D eigenvalue weighted by Gasteiger charge is 2.65. The van der Waals surface area contributed by atoms with E-state index in [1.165, 1.54) is 64.2 Å². The molecular formula is C33H62O4. The Hall–Kier alpha value is -0.610. The Morgan fingerprint density at radius 3 is 1.92 bits per heavy atom. The molecule has 5 rings (SSSR count). The zero-order valence-electron chi connectivity index (χ0n) is 25.9. The molecule has 5 saturated carbocycles. The molecule has 0 aromatic rings. The molecule has 0 aromatic carbocycles. The Morgan fingerprint density at radius 1 is 0.784 bits per heavy atom. The number of hydrogen-bond acceptors (Lipinski definition) is 3. The fraction of sp³-hybridized carbons (Fsp3) is 0.970. The Kier molecular flexibility index (Phi) is 11.2. The van der Waals surface area contributed by atoms with Crippen LogP contribution in [0.4, 0.5) is 0 Å². The fourth-order valence-corrected chi connectivity index (χ4v) is 10.5. The third-order valence-electron chi connectivity index (χ3n) is 12.3. The predicted molar refractivity (Wildman–Crippen MR) is 154 cm³/mol. The molecule has 0 amide bonds. The number of aliphatic hydroxyl groups excluding tert-OH is 2. The predicted octanol–water partition coefficient (Wildman–Crippen LogP) is 8.19. The number of aliphatic hydroxyl groups is 2. The molecule has 0 spiro atoms. The molecule has 0 saturated heterocycles. The van der Waals surface area contributed by atoms with Gasteiger partial charge >= 0.3 is 0 Å². The average molecular weight is 523 g/mol. The summed E-state index contributed by atoms with van der Waals surface area (Å²) in [6.45, 7) is 20.8. The lowest BCUT2D eigenvalue weighted by molar-refractivity contribution is -0.213. The molecule has 4 nitrogen and oxygen atoms in total. The van der Waals surface area contributed by atoms with Gasteiger partial charge in [0.15, 0.2) is 0 Å². The third kappa shape index (κ3) is 5.96. The number of rotatable bonds is 1. The van der Waals surface area contributed by atoms with Gasteiger partial charge in [0.1, 0.15) is 0 Å².